The van der Waals surface area contributed by atoms with Crippen LogP contribution in [0.1, 0.15) is 24.5 Å². The molecule has 0 aliphatic carbocycles. The molecule has 2 N–H and O–H groups in total. The summed E-state index contributed by atoms with van der Waals surface area (Å²) < 4.78 is 5.48. The molecule has 0 radical (unpaired) electrons. The Labute approximate surface area is 171 Å². The fourth-order valence-electron chi connectivity index (χ4n) is 2.05. The Morgan fingerprint density at radius 2 is 1.92 bits per heavy atom. The minimum absolute atomic E-state index is 0. The standard InChI is InChI=1S/C18H23ClN4O.HI/c1-3-9-24-17-8-7-15(12-21-17)13-23-18(20-2)22-11-14-5-4-6-16(19)10-14;/h4-8,10,12H,3,9,11,13H2,1-2H3,(H2,20,22,23);1H. The third-order valence-electron chi connectivity index (χ3n) is 3.28. The number of pyridine rings is 1. The minimum atomic E-state index is 0. The summed E-state index contributed by atoms with van der Waals surface area (Å²) in [6.07, 6.45) is 2.78. The lowest BCUT2D eigenvalue weighted by Gasteiger charge is -2.12. The summed E-state index contributed by atoms with van der Waals surface area (Å²) in [5.74, 6) is 1.38. The molecule has 2 aromatic rings. The van der Waals surface area contributed by atoms with E-state index in [1.165, 1.54) is 0 Å². The predicted molar refractivity (Wildman–Crippen MR) is 114 cm³/mol. The van der Waals surface area contributed by atoms with Gasteiger partial charge in [-0.1, -0.05) is 36.7 Å². The van der Waals surface area contributed by atoms with E-state index in [-0.39, 0.29) is 24.0 Å². The summed E-state index contributed by atoms with van der Waals surface area (Å²) in [6, 6.07) is 11.6. The highest BCUT2D eigenvalue weighted by Crippen LogP contribution is 2.10. The maximum Gasteiger partial charge on any atom is 0.213 e. The Kier molecular flexibility index (Phi) is 10.3. The van der Waals surface area contributed by atoms with Crippen LogP contribution in [0, 0.1) is 0 Å². The van der Waals surface area contributed by atoms with Crippen molar-refractivity contribution in [1.29, 1.82) is 0 Å². The second-order valence-corrected chi connectivity index (χ2v) is 5.70. The van der Waals surface area contributed by atoms with Gasteiger partial charge in [-0.25, -0.2) is 4.98 Å². The van der Waals surface area contributed by atoms with Crippen LogP contribution in [0.5, 0.6) is 5.88 Å². The zero-order valence-electron chi connectivity index (χ0n) is 14.5. The van der Waals surface area contributed by atoms with Gasteiger partial charge < -0.3 is 15.4 Å². The van der Waals surface area contributed by atoms with Gasteiger partial charge in [0.2, 0.25) is 5.88 Å². The molecule has 0 saturated carbocycles. The average Bonchev–Trinajstić information content (AvgIpc) is 2.61. The van der Waals surface area contributed by atoms with Crippen molar-refractivity contribution in [2.45, 2.75) is 26.4 Å². The Bertz CT molecular complexity index is 664. The van der Waals surface area contributed by atoms with E-state index >= 15 is 0 Å². The minimum Gasteiger partial charge on any atom is -0.478 e. The van der Waals surface area contributed by atoms with Gasteiger partial charge in [-0.3, -0.25) is 4.99 Å². The van der Waals surface area contributed by atoms with Gasteiger partial charge in [-0.2, -0.15) is 0 Å². The first kappa shape index (κ1) is 21.5. The van der Waals surface area contributed by atoms with E-state index < -0.39 is 0 Å². The Morgan fingerprint density at radius 1 is 1.16 bits per heavy atom. The lowest BCUT2D eigenvalue weighted by molar-refractivity contribution is 0.305. The van der Waals surface area contributed by atoms with Crippen LogP contribution in [0.25, 0.3) is 0 Å². The number of aliphatic imine (C=N–C) groups is 1. The number of ether oxygens (including phenoxy) is 1. The maximum absolute atomic E-state index is 5.99. The van der Waals surface area contributed by atoms with Crippen LogP contribution in [0.3, 0.4) is 0 Å². The highest BCUT2D eigenvalue weighted by Gasteiger charge is 2.01. The van der Waals surface area contributed by atoms with E-state index in [9.17, 15) is 0 Å². The number of hydrogen-bond acceptors (Lipinski definition) is 3. The number of benzene rings is 1. The van der Waals surface area contributed by atoms with Crippen molar-refractivity contribution in [3.63, 3.8) is 0 Å². The SMILES string of the molecule is CCCOc1ccc(CNC(=NC)NCc2cccc(Cl)c2)cn1.I. The molecule has 2 rings (SSSR count). The fraction of sp³-hybridized carbons (Fsp3) is 0.333. The molecule has 1 aromatic heterocycles. The van der Waals surface area contributed by atoms with E-state index in [4.69, 9.17) is 16.3 Å². The molecule has 0 unspecified atom stereocenters. The largest absolute Gasteiger partial charge is 0.478 e. The van der Waals surface area contributed by atoms with Crippen molar-refractivity contribution in [1.82, 2.24) is 15.6 Å². The van der Waals surface area contributed by atoms with Crippen molar-refractivity contribution in [2.24, 2.45) is 4.99 Å². The lowest BCUT2D eigenvalue weighted by atomic mass is 10.2. The molecular weight excluding hydrogens is 451 g/mol. The highest BCUT2D eigenvalue weighted by molar-refractivity contribution is 14.0. The summed E-state index contributed by atoms with van der Waals surface area (Å²) in [5.41, 5.74) is 2.16. The highest BCUT2D eigenvalue weighted by atomic mass is 127. The summed E-state index contributed by atoms with van der Waals surface area (Å²) in [5, 5.41) is 7.25. The summed E-state index contributed by atoms with van der Waals surface area (Å²) in [6.45, 7) is 4.05. The van der Waals surface area contributed by atoms with Crippen molar-refractivity contribution >= 4 is 41.5 Å². The molecular formula is C18H24ClIN4O. The van der Waals surface area contributed by atoms with Gasteiger partial charge in [-0.05, 0) is 29.7 Å². The Hall–Kier alpha value is -1.54. The van der Waals surface area contributed by atoms with E-state index in [1.807, 2.05) is 42.6 Å². The molecule has 0 atom stereocenters. The summed E-state index contributed by atoms with van der Waals surface area (Å²) in [4.78, 5) is 8.50. The van der Waals surface area contributed by atoms with Crippen molar-refractivity contribution in [3.05, 3.63) is 58.7 Å². The van der Waals surface area contributed by atoms with Crippen LogP contribution in [0.2, 0.25) is 5.02 Å². The summed E-state index contributed by atoms with van der Waals surface area (Å²) in [7, 11) is 1.74. The molecule has 0 spiro atoms. The molecule has 0 amide bonds. The van der Waals surface area contributed by atoms with Crippen LogP contribution in [0.4, 0.5) is 0 Å². The molecule has 7 heteroatoms. The number of aromatic nitrogens is 1. The van der Waals surface area contributed by atoms with Gasteiger partial charge in [0.05, 0.1) is 6.61 Å². The van der Waals surface area contributed by atoms with E-state index in [0.29, 0.717) is 25.6 Å². The number of nitrogens with one attached hydrogen (secondary N) is 2. The molecule has 0 aliphatic heterocycles. The van der Waals surface area contributed by atoms with Gasteiger partial charge in [0.1, 0.15) is 0 Å². The van der Waals surface area contributed by atoms with Gasteiger partial charge >= 0.3 is 0 Å². The maximum atomic E-state index is 5.99. The number of guanidine groups is 1. The second kappa shape index (κ2) is 11.9. The Balaban J connectivity index is 0.00000312. The molecule has 136 valence electrons. The first-order valence-corrected chi connectivity index (χ1v) is 8.35. The molecule has 1 heterocycles. The third kappa shape index (κ3) is 7.92. The average molecular weight is 475 g/mol. The van der Waals surface area contributed by atoms with Crippen LogP contribution in [-0.4, -0.2) is 24.6 Å². The summed E-state index contributed by atoms with van der Waals surface area (Å²) >= 11 is 5.99. The lowest BCUT2D eigenvalue weighted by Crippen LogP contribution is -2.36. The van der Waals surface area contributed by atoms with Gasteiger partial charge in [0.15, 0.2) is 5.96 Å². The van der Waals surface area contributed by atoms with Gasteiger partial charge in [0.25, 0.3) is 0 Å². The van der Waals surface area contributed by atoms with E-state index in [0.717, 1.165) is 28.5 Å². The molecule has 25 heavy (non-hydrogen) atoms. The van der Waals surface area contributed by atoms with Crippen LogP contribution in [-0.2, 0) is 13.1 Å². The molecule has 0 saturated heterocycles. The molecule has 5 nitrogen and oxygen atoms in total. The third-order valence-corrected chi connectivity index (χ3v) is 3.52. The zero-order chi connectivity index (χ0) is 17.2. The molecule has 0 aliphatic rings. The quantitative estimate of drug-likeness (QED) is 0.362. The van der Waals surface area contributed by atoms with Crippen molar-refractivity contribution in [3.8, 4) is 5.88 Å². The first-order valence-electron chi connectivity index (χ1n) is 7.98. The normalized spacial score (nSPS) is 10.8. The zero-order valence-corrected chi connectivity index (χ0v) is 17.5. The topological polar surface area (TPSA) is 58.5 Å². The smallest absolute Gasteiger partial charge is 0.213 e. The number of nitrogens with zero attached hydrogens (tertiary/aromatic N) is 2. The predicted octanol–water partition coefficient (Wildman–Crippen LogP) is 4.01. The first-order chi connectivity index (χ1) is 11.7. The van der Waals surface area contributed by atoms with Gasteiger partial charge in [0, 0.05) is 37.4 Å². The molecule has 0 fully saturated rings. The van der Waals surface area contributed by atoms with Crippen LogP contribution < -0.4 is 15.4 Å². The van der Waals surface area contributed by atoms with Crippen molar-refractivity contribution in [2.75, 3.05) is 13.7 Å². The molecule has 1 aromatic carbocycles. The monoisotopic (exact) mass is 474 g/mol. The fourth-order valence-corrected chi connectivity index (χ4v) is 2.26. The van der Waals surface area contributed by atoms with Gasteiger partial charge in [-0.15, -0.1) is 24.0 Å². The number of halogens is 2. The van der Waals surface area contributed by atoms with E-state index in [1.54, 1.807) is 7.05 Å². The van der Waals surface area contributed by atoms with E-state index in [2.05, 4.69) is 27.5 Å². The van der Waals surface area contributed by atoms with Crippen molar-refractivity contribution < 1.29 is 4.74 Å². The number of rotatable bonds is 7. The van der Waals surface area contributed by atoms with Crippen LogP contribution in [0.15, 0.2) is 47.6 Å². The molecule has 0 bridgehead atoms. The number of hydrogen-bond donors (Lipinski definition) is 2. The second-order valence-electron chi connectivity index (χ2n) is 5.26. The Morgan fingerprint density at radius 3 is 2.52 bits per heavy atom. The van der Waals surface area contributed by atoms with Crippen LogP contribution >= 0.6 is 35.6 Å².